The Labute approximate surface area is 143 Å². The molecule has 0 aliphatic carbocycles. The molecular weight excluding hydrogens is 328 g/mol. The van der Waals surface area contributed by atoms with E-state index in [1.165, 1.54) is 18.4 Å². The van der Waals surface area contributed by atoms with Gasteiger partial charge in [-0.25, -0.2) is 9.78 Å². The lowest BCUT2D eigenvalue weighted by Gasteiger charge is -2.07. The van der Waals surface area contributed by atoms with Crippen LogP contribution in [-0.4, -0.2) is 36.7 Å². The van der Waals surface area contributed by atoms with Crippen LogP contribution < -0.4 is 5.32 Å². The Morgan fingerprint density at radius 2 is 2.33 bits per heavy atom. The number of nitrogens with zero attached hydrogens (tertiary/aromatic N) is 1. The molecule has 7 heteroatoms. The van der Waals surface area contributed by atoms with Crippen LogP contribution in [0.1, 0.15) is 33.6 Å². The lowest BCUT2D eigenvalue weighted by atomic mass is 10.1. The average molecular weight is 346 g/mol. The molecule has 24 heavy (non-hydrogen) atoms. The van der Waals surface area contributed by atoms with Gasteiger partial charge in [-0.05, 0) is 30.5 Å². The van der Waals surface area contributed by atoms with Crippen LogP contribution in [0.15, 0.2) is 30.5 Å². The van der Waals surface area contributed by atoms with Crippen molar-refractivity contribution in [2.75, 3.05) is 19.0 Å². The molecule has 2 aromatic rings. The van der Waals surface area contributed by atoms with E-state index in [0.29, 0.717) is 23.7 Å². The Hall–Kier alpha value is -2.25. The molecule has 0 radical (unpaired) electrons. The number of methoxy groups -OCH3 is 1. The second-order valence-electron chi connectivity index (χ2n) is 5.49. The molecule has 6 nitrogen and oxygen atoms in total. The minimum Gasteiger partial charge on any atom is -0.465 e. The molecule has 0 spiro atoms. The molecular formula is C17H18N2O4S. The predicted octanol–water partition coefficient (Wildman–Crippen LogP) is 2.64. The van der Waals surface area contributed by atoms with Gasteiger partial charge in [0, 0.05) is 24.1 Å². The molecule has 1 aromatic heterocycles. The number of thiazole rings is 1. The standard InChI is InChI=1S/C17H18N2O4S/c1-22-16(21)12-5-2-4-11(8-12)9-13-10-18-17(24-13)19-15(20)14-6-3-7-23-14/h2,4-5,8,10,14H,3,6-7,9H2,1H3,(H,18,19,20)/t14-/m1/s1. The van der Waals surface area contributed by atoms with Gasteiger partial charge in [-0.15, -0.1) is 11.3 Å². The average Bonchev–Trinajstić information content (AvgIpc) is 3.26. The Bertz CT molecular complexity index is 738. The predicted molar refractivity (Wildman–Crippen MR) is 90.3 cm³/mol. The highest BCUT2D eigenvalue weighted by Gasteiger charge is 2.24. The fraction of sp³-hybridized carbons (Fsp3) is 0.353. The van der Waals surface area contributed by atoms with E-state index in [-0.39, 0.29) is 18.0 Å². The molecule has 0 unspecified atom stereocenters. The fourth-order valence-corrected chi connectivity index (χ4v) is 3.39. The summed E-state index contributed by atoms with van der Waals surface area (Å²) in [5, 5.41) is 3.36. The number of ether oxygens (including phenoxy) is 2. The van der Waals surface area contributed by atoms with Crippen LogP contribution in [0.2, 0.25) is 0 Å². The van der Waals surface area contributed by atoms with Crippen molar-refractivity contribution in [1.29, 1.82) is 0 Å². The number of carbonyl (C=O) groups excluding carboxylic acids is 2. The van der Waals surface area contributed by atoms with E-state index in [1.807, 2.05) is 12.1 Å². The van der Waals surface area contributed by atoms with Crippen LogP contribution in [0.25, 0.3) is 0 Å². The van der Waals surface area contributed by atoms with Gasteiger partial charge in [0.25, 0.3) is 5.91 Å². The SMILES string of the molecule is COC(=O)c1cccc(Cc2cnc(NC(=O)[C@H]3CCCO3)s2)c1. The highest BCUT2D eigenvalue weighted by molar-refractivity contribution is 7.15. The maximum absolute atomic E-state index is 12.0. The van der Waals surface area contributed by atoms with Gasteiger partial charge >= 0.3 is 5.97 Å². The van der Waals surface area contributed by atoms with Crippen LogP contribution in [0.4, 0.5) is 5.13 Å². The number of hydrogen-bond acceptors (Lipinski definition) is 6. The zero-order valence-electron chi connectivity index (χ0n) is 13.3. The Kier molecular flexibility index (Phi) is 5.22. The van der Waals surface area contributed by atoms with Gasteiger partial charge in [0.15, 0.2) is 5.13 Å². The molecule has 2 heterocycles. The number of amides is 1. The summed E-state index contributed by atoms with van der Waals surface area (Å²) in [7, 11) is 1.36. The fourth-order valence-electron chi connectivity index (χ4n) is 2.54. The molecule has 126 valence electrons. The van der Waals surface area contributed by atoms with Crippen molar-refractivity contribution in [3.63, 3.8) is 0 Å². The highest BCUT2D eigenvalue weighted by atomic mass is 32.1. The van der Waals surface area contributed by atoms with Gasteiger partial charge in [-0.1, -0.05) is 12.1 Å². The van der Waals surface area contributed by atoms with Crippen LogP contribution in [0, 0.1) is 0 Å². The first-order valence-electron chi connectivity index (χ1n) is 7.70. The first kappa shape index (κ1) is 16.6. The van der Waals surface area contributed by atoms with E-state index in [0.717, 1.165) is 23.3 Å². The van der Waals surface area contributed by atoms with Gasteiger partial charge < -0.3 is 9.47 Å². The third kappa shape index (κ3) is 3.98. The van der Waals surface area contributed by atoms with Crippen molar-refractivity contribution in [3.8, 4) is 0 Å². The van der Waals surface area contributed by atoms with Crippen molar-refractivity contribution < 1.29 is 19.1 Å². The largest absolute Gasteiger partial charge is 0.465 e. The smallest absolute Gasteiger partial charge is 0.337 e. The summed E-state index contributed by atoms with van der Waals surface area (Å²) in [5.41, 5.74) is 1.50. The quantitative estimate of drug-likeness (QED) is 0.842. The van der Waals surface area contributed by atoms with Crippen molar-refractivity contribution >= 4 is 28.3 Å². The normalized spacial score (nSPS) is 16.8. The lowest BCUT2D eigenvalue weighted by molar-refractivity contribution is -0.124. The Balaban J connectivity index is 1.63. The molecule has 1 aliphatic rings. The second kappa shape index (κ2) is 7.55. The molecule has 3 rings (SSSR count). The van der Waals surface area contributed by atoms with E-state index >= 15 is 0 Å². The number of rotatable bonds is 5. The first-order chi connectivity index (χ1) is 11.7. The monoisotopic (exact) mass is 346 g/mol. The summed E-state index contributed by atoms with van der Waals surface area (Å²) in [5.74, 6) is -0.494. The minimum absolute atomic E-state index is 0.138. The summed E-state index contributed by atoms with van der Waals surface area (Å²) in [6.45, 7) is 0.637. The van der Waals surface area contributed by atoms with Crippen molar-refractivity contribution in [3.05, 3.63) is 46.5 Å². The molecule has 1 saturated heterocycles. The summed E-state index contributed by atoms with van der Waals surface area (Å²) in [6, 6.07) is 7.28. The minimum atomic E-state index is -0.367. The molecule has 1 aromatic carbocycles. The maximum Gasteiger partial charge on any atom is 0.337 e. The van der Waals surface area contributed by atoms with Gasteiger partial charge in [0.1, 0.15) is 6.10 Å². The van der Waals surface area contributed by atoms with E-state index < -0.39 is 0 Å². The number of carbonyl (C=O) groups is 2. The summed E-state index contributed by atoms with van der Waals surface area (Å²) in [4.78, 5) is 28.8. The van der Waals surface area contributed by atoms with Crippen molar-refractivity contribution in [2.24, 2.45) is 0 Å². The second-order valence-corrected chi connectivity index (χ2v) is 6.61. The molecule has 1 atom stereocenters. The number of anilines is 1. The number of benzene rings is 1. The Morgan fingerprint density at radius 3 is 3.08 bits per heavy atom. The summed E-state index contributed by atoms with van der Waals surface area (Å²) >= 11 is 1.42. The summed E-state index contributed by atoms with van der Waals surface area (Å²) in [6.07, 6.45) is 3.68. The summed E-state index contributed by atoms with van der Waals surface area (Å²) < 4.78 is 10.1. The van der Waals surface area contributed by atoms with Crippen molar-refractivity contribution in [2.45, 2.75) is 25.4 Å². The van der Waals surface area contributed by atoms with Crippen LogP contribution in [0.3, 0.4) is 0 Å². The van der Waals surface area contributed by atoms with E-state index in [9.17, 15) is 9.59 Å². The highest BCUT2D eigenvalue weighted by Crippen LogP contribution is 2.23. The van der Waals surface area contributed by atoms with E-state index in [4.69, 9.17) is 9.47 Å². The van der Waals surface area contributed by atoms with Crippen LogP contribution in [-0.2, 0) is 20.7 Å². The number of aromatic nitrogens is 1. The lowest BCUT2D eigenvalue weighted by Crippen LogP contribution is -2.26. The first-order valence-corrected chi connectivity index (χ1v) is 8.52. The Morgan fingerprint density at radius 1 is 1.46 bits per heavy atom. The molecule has 1 N–H and O–H groups in total. The zero-order chi connectivity index (χ0) is 16.9. The topological polar surface area (TPSA) is 77.5 Å². The molecule has 1 aliphatic heterocycles. The van der Waals surface area contributed by atoms with Crippen LogP contribution in [0.5, 0.6) is 0 Å². The molecule has 1 fully saturated rings. The van der Waals surface area contributed by atoms with Gasteiger partial charge in [-0.2, -0.15) is 0 Å². The number of esters is 1. The zero-order valence-corrected chi connectivity index (χ0v) is 14.1. The van der Waals surface area contributed by atoms with Gasteiger partial charge in [0.05, 0.1) is 12.7 Å². The molecule has 0 saturated carbocycles. The third-order valence-corrected chi connectivity index (χ3v) is 4.65. The number of hydrogen-bond donors (Lipinski definition) is 1. The van der Waals surface area contributed by atoms with Gasteiger partial charge in [0.2, 0.25) is 0 Å². The maximum atomic E-state index is 12.0. The van der Waals surface area contributed by atoms with E-state index in [1.54, 1.807) is 18.3 Å². The number of nitrogens with one attached hydrogen (secondary N) is 1. The molecule has 0 bridgehead atoms. The van der Waals surface area contributed by atoms with Crippen LogP contribution >= 0.6 is 11.3 Å². The third-order valence-electron chi connectivity index (χ3n) is 3.73. The van der Waals surface area contributed by atoms with E-state index in [2.05, 4.69) is 10.3 Å². The molecule has 1 amide bonds. The van der Waals surface area contributed by atoms with Crippen molar-refractivity contribution in [1.82, 2.24) is 4.98 Å². The van der Waals surface area contributed by atoms with Gasteiger partial charge in [-0.3, -0.25) is 10.1 Å².